The van der Waals surface area contributed by atoms with Crippen LogP contribution in [0.5, 0.6) is 0 Å². The van der Waals surface area contributed by atoms with Crippen molar-refractivity contribution in [3.05, 3.63) is 58.9 Å². The van der Waals surface area contributed by atoms with E-state index < -0.39 is 0 Å². The molecule has 1 aromatic carbocycles. The summed E-state index contributed by atoms with van der Waals surface area (Å²) in [7, 11) is 0. The number of hydrogen-bond acceptors (Lipinski definition) is 3. The van der Waals surface area contributed by atoms with Gasteiger partial charge in [-0.2, -0.15) is 0 Å². The number of carbonyl (C=O) groups excluding carboxylic acids is 1. The van der Waals surface area contributed by atoms with Gasteiger partial charge in [0, 0.05) is 30.5 Å². The van der Waals surface area contributed by atoms with Crippen molar-refractivity contribution >= 4 is 23.2 Å². The largest absolute Gasteiger partial charge is 0.398 e. The number of nitrogen functional groups attached to an aromatic ring is 1. The Morgan fingerprint density at radius 3 is 2.62 bits per heavy atom. The fraction of sp³-hybridized carbons (Fsp3) is 0.250. The molecule has 1 fully saturated rings. The summed E-state index contributed by atoms with van der Waals surface area (Å²) in [4.78, 5) is 18.6. The summed E-state index contributed by atoms with van der Waals surface area (Å²) < 4.78 is 0. The number of aromatic nitrogens is 1. The van der Waals surface area contributed by atoms with Crippen LogP contribution in [0.2, 0.25) is 5.02 Å². The lowest BCUT2D eigenvalue weighted by atomic mass is 10.1. The zero-order valence-corrected chi connectivity index (χ0v) is 12.3. The number of anilines is 1. The molecule has 0 aliphatic heterocycles. The van der Waals surface area contributed by atoms with Gasteiger partial charge in [-0.15, -0.1) is 0 Å². The third-order valence-electron chi connectivity index (χ3n) is 3.59. The molecule has 1 aromatic heterocycles. The maximum absolute atomic E-state index is 12.7. The Labute approximate surface area is 128 Å². The number of benzene rings is 1. The van der Waals surface area contributed by atoms with Crippen molar-refractivity contribution in [3.8, 4) is 0 Å². The molecule has 4 nitrogen and oxygen atoms in total. The normalized spacial score (nSPS) is 14.0. The average Bonchev–Trinajstić information content (AvgIpc) is 3.33. The first kappa shape index (κ1) is 13.9. The van der Waals surface area contributed by atoms with Gasteiger partial charge < -0.3 is 10.6 Å². The molecule has 0 spiro atoms. The van der Waals surface area contributed by atoms with Gasteiger partial charge in [0.2, 0.25) is 0 Å². The molecule has 1 saturated carbocycles. The molecule has 1 heterocycles. The third kappa shape index (κ3) is 3.16. The van der Waals surface area contributed by atoms with Gasteiger partial charge in [-0.1, -0.05) is 11.6 Å². The predicted molar refractivity (Wildman–Crippen MR) is 83.0 cm³/mol. The van der Waals surface area contributed by atoms with Crippen LogP contribution < -0.4 is 5.73 Å². The standard InChI is InChI=1S/C16H16ClN3O/c17-14-4-1-12(9-15(14)18)16(21)20(13-2-3-13)10-11-5-7-19-8-6-11/h1,4-9,13H,2-3,10,18H2. The first-order valence-electron chi connectivity index (χ1n) is 6.90. The Kier molecular flexibility index (Phi) is 3.80. The van der Waals surface area contributed by atoms with Gasteiger partial charge >= 0.3 is 0 Å². The molecule has 108 valence electrons. The highest BCUT2D eigenvalue weighted by Crippen LogP contribution is 2.30. The molecule has 21 heavy (non-hydrogen) atoms. The summed E-state index contributed by atoms with van der Waals surface area (Å²) in [5.74, 6) is -0.00215. The lowest BCUT2D eigenvalue weighted by molar-refractivity contribution is 0.0730. The van der Waals surface area contributed by atoms with Gasteiger partial charge in [0.15, 0.2) is 0 Å². The fourth-order valence-electron chi connectivity index (χ4n) is 2.28. The number of nitrogens with zero attached hydrogens (tertiary/aromatic N) is 2. The summed E-state index contributed by atoms with van der Waals surface area (Å²) in [6.45, 7) is 0.592. The molecule has 2 N–H and O–H groups in total. The maximum Gasteiger partial charge on any atom is 0.254 e. The first-order chi connectivity index (χ1) is 10.1. The summed E-state index contributed by atoms with van der Waals surface area (Å²) >= 11 is 5.91. The van der Waals surface area contributed by atoms with Crippen LogP contribution >= 0.6 is 11.6 Å². The monoisotopic (exact) mass is 301 g/mol. The molecule has 1 amide bonds. The van der Waals surface area contributed by atoms with E-state index in [1.807, 2.05) is 17.0 Å². The molecule has 2 aromatic rings. The van der Waals surface area contributed by atoms with E-state index in [4.69, 9.17) is 17.3 Å². The highest BCUT2D eigenvalue weighted by Gasteiger charge is 2.33. The number of halogens is 1. The smallest absolute Gasteiger partial charge is 0.254 e. The van der Waals surface area contributed by atoms with Crippen LogP contribution in [-0.2, 0) is 6.54 Å². The van der Waals surface area contributed by atoms with Crippen LogP contribution in [0.25, 0.3) is 0 Å². The van der Waals surface area contributed by atoms with Crippen molar-refractivity contribution < 1.29 is 4.79 Å². The number of amides is 1. The second-order valence-electron chi connectivity index (χ2n) is 5.26. The van der Waals surface area contributed by atoms with Crippen molar-refractivity contribution in [3.63, 3.8) is 0 Å². The zero-order chi connectivity index (χ0) is 14.8. The molecule has 0 bridgehead atoms. The Bertz CT molecular complexity index is 656. The predicted octanol–water partition coefficient (Wildman–Crippen LogP) is 3.12. The molecule has 0 atom stereocenters. The average molecular weight is 302 g/mol. The third-order valence-corrected chi connectivity index (χ3v) is 3.94. The van der Waals surface area contributed by atoms with Crippen molar-refractivity contribution in [2.75, 3.05) is 5.73 Å². The van der Waals surface area contributed by atoms with Gasteiger partial charge in [0.25, 0.3) is 5.91 Å². The van der Waals surface area contributed by atoms with Gasteiger partial charge in [-0.05, 0) is 48.7 Å². The van der Waals surface area contributed by atoms with Crippen molar-refractivity contribution in [1.82, 2.24) is 9.88 Å². The molecule has 0 saturated heterocycles. The van der Waals surface area contributed by atoms with Gasteiger partial charge in [-0.25, -0.2) is 0 Å². The summed E-state index contributed by atoms with van der Waals surface area (Å²) in [6, 6.07) is 9.22. The van der Waals surface area contributed by atoms with Crippen LogP contribution in [0.1, 0.15) is 28.8 Å². The lowest BCUT2D eigenvalue weighted by Crippen LogP contribution is -2.32. The fourth-order valence-corrected chi connectivity index (χ4v) is 2.40. The Morgan fingerprint density at radius 2 is 2.00 bits per heavy atom. The van der Waals surface area contributed by atoms with Crippen molar-refractivity contribution in [1.29, 1.82) is 0 Å². The number of rotatable bonds is 4. The quantitative estimate of drug-likeness (QED) is 0.883. The van der Waals surface area contributed by atoms with E-state index in [-0.39, 0.29) is 5.91 Å². The Hall–Kier alpha value is -2.07. The van der Waals surface area contributed by atoms with Gasteiger partial charge in [-0.3, -0.25) is 9.78 Å². The first-order valence-corrected chi connectivity index (χ1v) is 7.28. The van der Waals surface area contributed by atoms with Crippen molar-refractivity contribution in [2.24, 2.45) is 0 Å². The molecule has 0 radical (unpaired) electrons. The minimum Gasteiger partial charge on any atom is -0.398 e. The topological polar surface area (TPSA) is 59.2 Å². The molecular weight excluding hydrogens is 286 g/mol. The van der Waals surface area contributed by atoms with Crippen LogP contribution in [0.3, 0.4) is 0 Å². The minimum atomic E-state index is -0.00215. The summed E-state index contributed by atoms with van der Waals surface area (Å²) in [5.41, 5.74) is 7.88. The van der Waals surface area contributed by atoms with E-state index in [9.17, 15) is 4.79 Å². The van der Waals surface area contributed by atoms with E-state index in [1.165, 1.54) is 0 Å². The van der Waals surface area contributed by atoms with Crippen LogP contribution in [0, 0.1) is 0 Å². The second-order valence-corrected chi connectivity index (χ2v) is 5.66. The summed E-state index contributed by atoms with van der Waals surface area (Å²) in [5, 5.41) is 0.471. The molecule has 3 rings (SSSR count). The van der Waals surface area contributed by atoms with Gasteiger partial charge in [0.1, 0.15) is 0 Å². The SMILES string of the molecule is Nc1cc(C(=O)N(Cc2ccncc2)C2CC2)ccc1Cl. The summed E-state index contributed by atoms with van der Waals surface area (Å²) in [6.07, 6.45) is 5.59. The number of pyridine rings is 1. The maximum atomic E-state index is 12.7. The molecule has 1 aliphatic rings. The van der Waals surface area contributed by atoms with E-state index in [0.717, 1.165) is 18.4 Å². The highest BCUT2D eigenvalue weighted by molar-refractivity contribution is 6.33. The number of carbonyl (C=O) groups is 1. The van der Waals surface area contributed by atoms with E-state index in [1.54, 1.807) is 30.6 Å². The Balaban J connectivity index is 1.83. The lowest BCUT2D eigenvalue weighted by Gasteiger charge is -2.23. The Morgan fingerprint density at radius 1 is 1.29 bits per heavy atom. The number of nitrogens with two attached hydrogens (primary N) is 1. The second kappa shape index (κ2) is 5.74. The van der Waals surface area contributed by atoms with Crippen molar-refractivity contribution in [2.45, 2.75) is 25.4 Å². The minimum absolute atomic E-state index is 0.00215. The number of hydrogen-bond donors (Lipinski definition) is 1. The molecule has 5 heteroatoms. The van der Waals surface area contributed by atoms with E-state index in [2.05, 4.69) is 4.98 Å². The van der Waals surface area contributed by atoms with Crippen LogP contribution in [0.15, 0.2) is 42.7 Å². The highest BCUT2D eigenvalue weighted by atomic mass is 35.5. The van der Waals surface area contributed by atoms with E-state index in [0.29, 0.717) is 28.9 Å². The molecular formula is C16H16ClN3O. The van der Waals surface area contributed by atoms with E-state index >= 15 is 0 Å². The zero-order valence-electron chi connectivity index (χ0n) is 11.5. The van der Waals surface area contributed by atoms with Crippen LogP contribution in [-0.4, -0.2) is 21.8 Å². The van der Waals surface area contributed by atoms with Crippen LogP contribution in [0.4, 0.5) is 5.69 Å². The molecule has 0 unspecified atom stereocenters. The van der Waals surface area contributed by atoms with Gasteiger partial charge in [0.05, 0.1) is 10.7 Å². The molecule has 1 aliphatic carbocycles.